The lowest BCUT2D eigenvalue weighted by Gasteiger charge is -2.07. The molecular formula is C15H16N2. The van der Waals surface area contributed by atoms with Gasteiger partial charge in [-0.1, -0.05) is 25.1 Å². The van der Waals surface area contributed by atoms with Crippen LogP contribution in [0.25, 0.3) is 11.3 Å². The smallest absolute Gasteiger partial charge is 0.126 e. The van der Waals surface area contributed by atoms with Gasteiger partial charge in [0, 0.05) is 23.2 Å². The number of nitrogens with zero attached hydrogens (tertiary/aromatic N) is 2. The first-order valence-electron chi connectivity index (χ1n) is 6.16. The second-order valence-corrected chi connectivity index (χ2v) is 4.66. The number of rotatable bonds is 1. The van der Waals surface area contributed by atoms with Gasteiger partial charge in [-0.25, -0.2) is 9.97 Å². The topological polar surface area (TPSA) is 25.8 Å². The van der Waals surface area contributed by atoms with Gasteiger partial charge in [0.25, 0.3) is 0 Å². The zero-order valence-electron chi connectivity index (χ0n) is 10.5. The molecule has 1 heterocycles. The van der Waals surface area contributed by atoms with E-state index in [0.29, 0.717) is 0 Å². The van der Waals surface area contributed by atoms with Crippen molar-refractivity contribution in [2.24, 2.45) is 0 Å². The first kappa shape index (κ1) is 10.5. The summed E-state index contributed by atoms with van der Waals surface area (Å²) >= 11 is 0. The van der Waals surface area contributed by atoms with Gasteiger partial charge in [-0.15, -0.1) is 0 Å². The van der Waals surface area contributed by atoms with Crippen LogP contribution in [0.3, 0.4) is 0 Å². The monoisotopic (exact) mass is 224 g/mol. The van der Waals surface area contributed by atoms with Crippen molar-refractivity contribution in [2.45, 2.75) is 33.6 Å². The van der Waals surface area contributed by atoms with Gasteiger partial charge in [0.15, 0.2) is 0 Å². The maximum atomic E-state index is 4.65. The van der Waals surface area contributed by atoms with Gasteiger partial charge in [0.2, 0.25) is 0 Å². The van der Waals surface area contributed by atoms with Gasteiger partial charge in [0.05, 0.1) is 5.69 Å². The molecule has 0 amide bonds. The van der Waals surface area contributed by atoms with Gasteiger partial charge >= 0.3 is 0 Å². The Kier molecular flexibility index (Phi) is 2.25. The van der Waals surface area contributed by atoms with E-state index in [-0.39, 0.29) is 0 Å². The van der Waals surface area contributed by atoms with Gasteiger partial charge in [0.1, 0.15) is 5.82 Å². The molecule has 0 spiro atoms. The summed E-state index contributed by atoms with van der Waals surface area (Å²) < 4.78 is 0. The summed E-state index contributed by atoms with van der Waals surface area (Å²) in [5, 5.41) is 0. The summed E-state index contributed by atoms with van der Waals surface area (Å²) in [4.78, 5) is 9.13. The van der Waals surface area contributed by atoms with E-state index in [2.05, 4.69) is 42.0 Å². The van der Waals surface area contributed by atoms with Crippen molar-refractivity contribution in [3.63, 3.8) is 0 Å². The van der Waals surface area contributed by atoms with Crippen LogP contribution < -0.4 is 0 Å². The van der Waals surface area contributed by atoms with Crippen LogP contribution >= 0.6 is 0 Å². The molecule has 0 unspecified atom stereocenters. The predicted octanol–water partition coefficient (Wildman–Crippen LogP) is 3.23. The third-order valence-corrected chi connectivity index (χ3v) is 3.55. The lowest BCUT2D eigenvalue weighted by atomic mass is 10.0. The van der Waals surface area contributed by atoms with E-state index in [4.69, 9.17) is 0 Å². The summed E-state index contributed by atoms with van der Waals surface area (Å²) in [6, 6.07) is 6.57. The second-order valence-electron chi connectivity index (χ2n) is 4.66. The van der Waals surface area contributed by atoms with Crippen molar-refractivity contribution in [2.75, 3.05) is 0 Å². The summed E-state index contributed by atoms with van der Waals surface area (Å²) in [6.45, 7) is 6.26. The van der Waals surface area contributed by atoms with Crippen LogP contribution in [0.1, 0.15) is 35.1 Å². The molecule has 86 valence electrons. The Morgan fingerprint density at radius 3 is 2.76 bits per heavy atom. The molecule has 2 aromatic rings. The summed E-state index contributed by atoms with van der Waals surface area (Å²) in [6.07, 6.45) is 2.05. The van der Waals surface area contributed by atoms with Crippen LogP contribution in [-0.2, 0) is 12.8 Å². The Balaban J connectivity index is 2.33. The molecule has 0 bridgehead atoms. The molecule has 1 aromatic heterocycles. The summed E-state index contributed by atoms with van der Waals surface area (Å²) in [5.74, 6) is 0.875. The Hall–Kier alpha value is -1.70. The molecule has 0 aliphatic heterocycles. The predicted molar refractivity (Wildman–Crippen MR) is 69.1 cm³/mol. The summed E-state index contributed by atoms with van der Waals surface area (Å²) in [5.41, 5.74) is 7.78. The van der Waals surface area contributed by atoms with Crippen molar-refractivity contribution < 1.29 is 0 Å². The number of benzene rings is 1. The molecule has 0 fully saturated rings. The molecule has 3 rings (SSSR count). The van der Waals surface area contributed by atoms with E-state index in [1.807, 2.05) is 6.92 Å². The maximum absolute atomic E-state index is 4.65. The van der Waals surface area contributed by atoms with E-state index in [1.165, 1.54) is 27.9 Å². The number of hydrogen-bond donors (Lipinski definition) is 0. The van der Waals surface area contributed by atoms with E-state index in [1.54, 1.807) is 0 Å². The zero-order valence-corrected chi connectivity index (χ0v) is 10.5. The second kappa shape index (κ2) is 3.66. The average Bonchev–Trinajstić information content (AvgIpc) is 2.68. The van der Waals surface area contributed by atoms with Crippen molar-refractivity contribution in [1.82, 2.24) is 9.97 Å². The molecule has 17 heavy (non-hydrogen) atoms. The van der Waals surface area contributed by atoms with Crippen LogP contribution in [0.2, 0.25) is 0 Å². The van der Waals surface area contributed by atoms with E-state index < -0.39 is 0 Å². The largest absolute Gasteiger partial charge is 0.238 e. The highest BCUT2D eigenvalue weighted by molar-refractivity contribution is 5.77. The maximum Gasteiger partial charge on any atom is 0.126 e. The molecule has 0 N–H and O–H groups in total. The molecule has 0 saturated heterocycles. The van der Waals surface area contributed by atoms with Gasteiger partial charge in [-0.3, -0.25) is 0 Å². The average molecular weight is 224 g/mol. The SMILES string of the molecule is CCc1cccc2c1-c1nc(C)nc(C)c1C2. The quantitative estimate of drug-likeness (QED) is 0.634. The van der Waals surface area contributed by atoms with Crippen molar-refractivity contribution in [3.05, 3.63) is 46.4 Å². The van der Waals surface area contributed by atoms with Crippen LogP contribution in [0.4, 0.5) is 0 Å². The minimum atomic E-state index is 0.875. The van der Waals surface area contributed by atoms with Crippen LogP contribution in [0, 0.1) is 13.8 Å². The molecule has 0 saturated carbocycles. The Morgan fingerprint density at radius 1 is 1.18 bits per heavy atom. The van der Waals surface area contributed by atoms with Crippen LogP contribution in [0.15, 0.2) is 18.2 Å². The molecule has 2 heteroatoms. The molecule has 0 atom stereocenters. The fourth-order valence-corrected chi connectivity index (χ4v) is 2.74. The standard InChI is InChI=1S/C15H16N2/c1-4-11-6-5-7-12-8-13-9(2)16-10(3)17-15(13)14(11)12/h5-7H,4,8H2,1-3H3. The molecule has 1 aliphatic carbocycles. The first-order chi connectivity index (χ1) is 8.20. The van der Waals surface area contributed by atoms with Gasteiger partial charge < -0.3 is 0 Å². The minimum Gasteiger partial charge on any atom is -0.238 e. The number of fused-ring (bicyclic) bond motifs is 3. The highest BCUT2D eigenvalue weighted by atomic mass is 14.9. The van der Waals surface area contributed by atoms with Crippen molar-refractivity contribution in [3.8, 4) is 11.3 Å². The first-order valence-corrected chi connectivity index (χ1v) is 6.16. The fraction of sp³-hybridized carbons (Fsp3) is 0.333. The Labute approximate surface area is 102 Å². The Morgan fingerprint density at radius 2 is 2.00 bits per heavy atom. The Bertz CT molecular complexity index is 600. The van der Waals surface area contributed by atoms with E-state index >= 15 is 0 Å². The van der Waals surface area contributed by atoms with Gasteiger partial charge in [-0.2, -0.15) is 0 Å². The number of aromatic nitrogens is 2. The lowest BCUT2D eigenvalue weighted by Crippen LogP contribution is -1.98. The van der Waals surface area contributed by atoms with Crippen LogP contribution in [-0.4, -0.2) is 9.97 Å². The highest BCUT2D eigenvalue weighted by Gasteiger charge is 2.24. The minimum absolute atomic E-state index is 0.875. The van der Waals surface area contributed by atoms with Crippen molar-refractivity contribution in [1.29, 1.82) is 0 Å². The van der Waals surface area contributed by atoms with E-state index in [0.717, 1.165) is 24.4 Å². The molecule has 1 aliphatic rings. The molecule has 2 nitrogen and oxygen atoms in total. The lowest BCUT2D eigenvalue weighted by molar-refractivity contribution is 0.986. The molecule has 1 aromatic carbocycles. The summed E-state index contributed by atoms with van der Waals surface area (Å²) in [7, 11) is 0. The molecule has 0 radical (unpaired) electrons. The van der Waals surface area contributed by atoms with Gasteiger partial charge in [-0.05, 0) is 31.4 Å². The van der Waals surface area contributed by atoms with Crippen LogP contribution in [0.5, 0.6) is 0 Å². The number of hydrogen-bond acceptors (Lipinski definition) is 2. The van der Waals surface area contributed by atoms with E-state index in [9.17, 15) is 0 Å². The molecular weight excluding hydrogens is 208 g/mol. The number of aryl methyl sites for hydroxylation is 3. The fourth-order valence-electron chi connectivity index (χ4n) is 2.74. The third kappa shape index (κ3) is 1.47. The third-order valence-electron chi connectivity index (χ3n) is 3.55. The highest BCUT2D eigenvalue weighted by Crippen LogP contribution is 2.38. The zero-order chi connectivity index (χ0) is 12.0. The van der Waals surface area contributed by atoms with Crippen molar-refractivity contribution >= 4 is 0 Å². The normalized spacial score (nSPS) is 12.4.